The molecule has 0 bridgehead atoms. The summed E-state index contributed by atoms with van der Waals surface area (Å²) < 4.78 is 8.40. The average Bonchev–Trinajstić information content (AvgIpc) is 1.96. The molecule has 1 rings (SSSR count). The predicted octanol–water partition coefficient (Wildman–Crippen LogP) is -0.807. The predicted molar refractivity (Wildman–Crippen MR) is 36.6 cm³/mol. The van der Waals surface area contributed by atoms with Gasteiger partial charge in [-0.1, -0.05) is 0 Å². The Bertz CT molecular complexity index is 36.2. The van der Waals surface area contributed by atoms with Crippen LogP contribution in [0, 0.1) is 0 Å². The third kappa shape index (κ3) is 4.86. The molecule has 0 aliphatic carbocycles. The topological polar surface area (TPSA) is 21.3 Å². The third-order valence-corrected chi connectivity index (χ3v) is 0.846. The van der Waals surface area contributed by atoms with Crippen LogP contribution in [-0.4, -0.2) is 55.6 Å². The van der Waals surface area contributed by atoms with Crippen LogP contribution in [0.25, 0.3) is 0 Å². The first kappa shape index (κ1) is 8.71. The minimum absolute atomic E-state index is 0.889. The van der Waals surface area contributed by atoms with Crippen molar-refractivity contribution in [2.45, 2.75) is 0 Å². The van der Waals surface area contributed by atoms with Crippen molar-refractivity contribution in [2.75, 3.05) is 26.3 Å². The second kappa shape index (κ2) is 7.71. The summed E-state index contributed by atoms with van der Waals surface area (Å²) in [6.45, 7) is 3.83. The summed E-state index contributed by atoms with van der Waals surface area (Å²) in [7, 11) is 0. The van der Waals surface area contributed by atoms with Crippen LogP contribution >= 0.6 is 0 Å². The zero-order valence-corrected chi connectivity index (χ0v) is 8.83. The van der Waals surface area contributed by atoms with Gasteiger partial charge >= 0.3 is 29.3 Å². The molecule has 8 heavy (non-hydrogen) atoms. The van der Waals surface area contributed by atoms with Crippen molar-refractivity contribution < 1.29 is 4.74 Å². The SMILES string of the molecule is C1COCCN1.[CH2]=[Pb]. The van der Waals surface area contributed by atoms with Gasteiger partial charge in [0.2, 0.25) is 0 Å². The second-order valence-corrected chi connectivity index (χ2v) is 1.36. The molecule has 0 aromatic rings. The quantitative estimate of drug-likeness (QED) is 0.591. The van der Waals surface area contributed by atoms with Crippen LogP contribution in [0.4, 0.5) is 0 Å². The molecule has 3 heteroatoms. The molecule has 0 amide bonds. The summed E-state index contributed by atoms with van der Waals surface area (Å²) >= 11 is 1.06. The first-order valence-electron chi connectivity index (χ1n) is 2.64. The van der Waals surface area contributed by atoms with Crippen LogP contribution in [0.1, 0.15) is 0 Å². The van der Waals surface area contributed by atoms with E-state index in [0.29, 0.717) is 0 Å². The van der Waals surface area contributed by atoms with Crippen molar-refractivity contribution in [1.82, 2.24) is 5.32 Å². The number of hydrogen-bond acceptors (Lipinski definition) is 2. The van der Waals surface area contributed by atoms with E-state index in [2.05, 4.69) is 9.38 Å². The Labute approximate surface area is 65.8 Å². The first-order valence-corrected chi connectivity index (χ1v) is 5.39. The van der Waals surface area contributed by atoms with Crippen molar-refractivity contribution in [2.24, 2.45) is 0 Å². The maximum absolute atomic E-state index is 5.01. The molecule has 0 saturated carbocycles. The van der Waals surface area contributed by atoms with Gasteiger partial charge in [-0.25, -0.2) is 0 Å². The molecule has 0 unspecified atom stereocenters. The van der Waals surface area contributed by atoms with Gasteiger partial charge in [-0.15, -0.1) is 0 Å². The fourth-order valence-electron chi connectivity index (χ4n) is 0.516. The summed E-state index contributed by atoms with van der Waals surface area (Å²) in [6, 6.07) is 0. The van der Waals surface area contributed by atoms with Gasteiger partial charge in [-0.05, 0) is 0 Å². The van der Waals surface area contributed by atoms with E-state index in [4.69, 9.17) is 4.74 Å². The molecule has 1 N–H and O–H groups in total. The van der Waals surface area contributed by atoms with E-state index >= 15 is 0 Å². The van der Waals surface area contributed by atoms with Gasteiger partial charge in [0.25, 0.3) is 0 Å². The molecule has 0 aromatic carbocycles. The molecular formula is C5H11NOPb. The van der Waals surface area contributed by atoms with Crippen LogP contribution < -0.4 is 5.32 Å². The van der Waals surface area contributed by atoms with Crippen molar-refractivity contribution in [3.63, 3.8) is 0 Å². The number of nitrogens with one attached hydrogen (secondary N) is 1. The van der Waals surface area contributed by atoms with Crippen LogP contribution in [-0.2, 0) is 4.74 Å². The van der Waals surface area contributed by atoms with Gasteiger partial charge in [0, 0.05) is 13.1 Å². The fraction of sp³-hybridized carbons (Fsp3) is 0.800. The van der Waals surface area contributed by atoms with Crippen LogP contribution in [0.3, 0.4) is 0 Å². The molecule has 1 saturated heterocycles. The van der Waals surface area contributed by atoms with Gasteiger partial charge in [-0.3, -0.25) is 0 Å². The minimum atomic E-state index is 0.889. The molecule has 0 atom stereocenters. The van der Waals surface area contributed by atoms with E-state index in [1.807, 2.05) is 0 Å². The van der Waals surface area contributed by atoms with Crippen LogP contribution in [0.5, 0.6) is 0 Å². The van der Waals surface area contributed by atoms with Gasteiger partial charge in [0.15, 0.2) is 0 Å². The molecule has 1 heterocycles. The molecule has 1 aliphatic heterocycles. The van der Waals surface area contributed by atoms with Crippen LogP contribution in [0.2, 0.25) is 0 Å². The monoisotopic (exact) mass is 309 g/mol. The van der Waals surface area contributed by atoms with Gasteiger partial charge < -0.3 is 10.1 Å². The summed E-state index contributed by atoms with van der Waals surface area (Å²) in [5, 5.41) is 3.16. The Morgan fingerprint density at radius 2 is 1.75 bits per heavy atom. The Kier molecular flexibility index (Phi) is 8.40. The molecule has 0 spiro atoms. The second-order valence-electron chi connectivity index (χ2n) is 1.36. The van der Waals surface area contributed by atoms with Gasteiger partial charge in [-0.2, -0.15) is 0 Å². The van der Waals surface area contributed by atoms with E-state index in [1.54, 1.807) is 0 Å². The number of ether oxygens (including phenoxy) is 1. The maximum atomic E-state index is 5.01. The Morgan fingerprint density at radius 1 is 1.25 bits per heavy atom. The first-order chi connectivity index (χ1) is 4.00. The zero-order valence-electron chi connectivity index (χ0n) is 4.94. The number of hydrogen-bond donors (Lipinski definition) is 1. The normalized spacial score (nSPS) is 18.5. The van der Waals surface area contributed by atoms with E-state index < -0.39 is 0 Å². The van der Waals surface area contributed by atoms with Gasteiger partial charge in [0.1, 0.15) is 0 Å². The molecule has 2 nitrogen and oxygen atoms in total. The molecule has 1 fully saturated rings. The fourth-order valence-corrected chi connectivity index (χ4v) is 0.516. The van der Waals surface area contributed by atoms with Crippen LogP contribution in [0.15, 0.2) is 0 Å². The molecule has 0 aromatic heterocycles. The average molecular weight is 308 g/mol. The van der Waals surface area contributed by atoms with E-state index in [-0.39, 0.29) is 0 Å². The van der Waals surface area contributed by atoms with Crippen molar-refractivity contribution >= 4 is 29.3 Å². The summed E-state index contributed by atoms with van der Waals surface area (Å²) in [5.74, 6) is 0. The van der Waals surface area contributed by atoms with E-state index in [1.165, 1.54) is 0 Å². The summed E-state index contributed by atoms with van der Waals surface area (Å²) in [4.78, 5) is 0. The molecule has 1 aliphatic rings. The number of rotatable bonds is 0. The Hall–Kier alpha value is 0.712. The van der Waals surface area contributed by atoms with Crippen molar-refractivity contribution in [3.05, 3.63) is 0 Å². The zero-order chi connectivity index (χ0) is 6.24. The van der Waals surface area contributed by atoms with Gasteiger partial charge in [0.05, 0.1) is 13.2 Å². The van der Waals surface area contributed by atoms with E-state index in [9.17, 15) is 0 Å². The Balaban J connectivity index is 0.000000222. The number of morpholine rings is 1. The standard InChI is InChI=1S/C4H9NO.CH2.Pb/c1-3-6-4-2-5-1;;/h5H,1-4H2;1H2;. The Morgan fingerprint density at radius 3 is 1.88 bits per heavy atom. The summed E-state index contributed by atoms with van der Waals surface area (Å²) in [5.41, 5.74) is 0. The molecule has 46 valence electrons. The molecule has 2 radical (unpaired) electrons. The third-order valence-electron chi connectivity index (χ3n) is 0.846. The van der Waals surface area contributed by atoms with Crippen molar-refractivity contribution in [3.8, 4) is 0 Å². The van der Waals surface area contributed by atoms with E-state index in [0.717, 1.165) is 51.6 Å². The van der Waals surface area contributed by atoms with Crippen molar-refractivity contribution in [1.29, 1.82) is 0 Å². The molecular weight excluding hydrogens is 297 g/mol. The summed E-state index contributed by atoms with van der Waals surface area (Å²) in [6.07, 6.45) is 0.